The third-order valence-corrected chi connectivity index (χ3v) is 4.81. The first kappa shape index (κ1) is 26.9. The van der Waals surface area contributed by atoms with Crippen LogP contribution in [0.2, 0.25) is 0 Å². The molecule has 0 spiro atoms. The van der Waals surface area contributed by atoms with Crippen LogP contribution in [0.4, 0.5) is 0 Å². The summed E-state index contributed by atoms with van der Waals surface area (Å²) in [7, 11) is 0. The average molecular weight is 355 g/mol. The molecule has 2 heteroatoms. The number of nitrogens with one attached hydrogen (secondary N) is 1. The van der Waals surface area contributed by atoms with Crippen molar-refractivity contribution in [2.24, 2.45) is 5.92 Å². The van der Waals surface area contributed by atoms with Crippen molar-refractivity contribution < 1.29 is 0 Å². The second-order valence-corrected chi connectivity index (χ2v) is 6.95. The van der Waals surface area contributed by atoms with Crippen LogP contribution in [-0.2, 0) is 0 Å². The van der Waals surface area contributed by atoms with Gasteiger partial charge in [-0.25, -0.2) is 0 Å². The molecule has 0 atom stereocenters. The van der Waals surface area contributed by atoms with Gasteiger partial charge < -0.3 is 10.2 Å². The third kappa shape index (κ3) is 19.8. The monoisotopic (exact) mass is 354 g/mol. The van der Waals surface area contributed by atoms with Crippen molar-refractivity contribution in [3.05, 3.63) is 12.7 Å². The van der Waals surface area contributed by atoms with Gasteiger partial charge in [0.15, 0.2) is 0 Å². The SMILES string of the molecule is C=CC.CC.CCCCCN(CC)CCCNCCC1CCCCC1. The summed E-state index contributed by atoms with van der Waals surface area (Å²) in [4.78, 5) is 2.61. The fourth-order valence-electron chi connectivity index (χ4n) is 3.35. The molecule has 0 heterocycles. The second-order valence-electron chi connectivity index (χ2n) is 6.95. The average Bonchev–Trinajstić information content (AvgIpc) is 2.66. The van der Waals surface area contributed by atoms with Gasteiger partial charge in [0.25, 0.3) is 0 Å². The Hall–Kier alpha value is -0.340. The molecule has 0 amide bonds. The third-order valence-electron chi connectivity index (χ3n) is 4.81. The van der Waals surface area contributed by atoms with Crippen molar-refractivity contribution in [1.29, 1.82) is 0 Å². The number of nitrogens with zero attached hydrogens (tertiary/aromatic N) is 1. The molecule has 0 aromatic heterocycles. The van der Waals surface area contributed by atoms with Gasteiger partial charge in [-0.1, -0.05) is 78.7 Å². The highest BCUT2D eigenvalue weighted by Gasteiger charge is 2.12. The van der Waals surface area contributed by atoms with Gasteiger partial charge in [-0.15, -0.1) is 6.58 Å². The predicted molar refractivity (Wildman–Crippen MR) is 118 cm³/mol. The maximum atomic E-state index is 3.65. The Morgan fingerprint density at radius 3 is 2.12 bits per heavy atom. The summed E-state index contributed by atoms with van der Waals surface area (Å²) in [5, 5.41) is 3.65. The summed E-state index contributed by atoms with van der Waals surface area (Å²) >= 11 is 0. The van der Waals surface area contributed by atoms with E-state index < -0.39 is 0 Å². The Labute approximate surface area is 160 Å². The molecule has 1 aliphatic rings. The van der Waals surface area contributed by atoms with E-state index in [9.17, 15) is 0 Å². The predicted octanol–water partition coefficient (Wildman–Crippen LogP) is 6.67. The molecule has 1 saturated carbocycles. The zero-order valence-electron chi connectivity index (χ0n) is 18.4. The van der Waals surface area contributed by atoms with Crippen molar-refractivity contribution in [3.63, 3.8) is 0 Å². The topological polar surface area (TPSA) is 15.3 Å². The Bertz CT molecular complexity index is 234. The van der Waals surface area contributed by atoms with Gasteiger partial charge in [0.2, 0.25) is 0 Å². The largest absolute Gasteiger partial charge is 0.317 e. The van der Waals surface area contributed by atoms with Gasteiger partial charge >= 0.3 is 0 Å². The summed E-state index contributed by atoms with van der Waals surface area (Å²) in [6.45, 7) is 20.1. The molecule has 0 saturated heterocycles. The van der Waals surface area contributed by atoms with Crippen molar-refractivity contribution in [1.82, 2.24) is 10.2 Å². The molecule has 0 bridgehead atoms. The smallest absolute Gasteiger partial charge is 0.000676 e. The lowest BCUT2D eigenvalue weighted by molar-refractivity contribution is 0.275. The van der Waals surface area contributed by atoms with Crippen LogP contribution in [0.25, 0.3) is 0 Å². The zero-order chi connectivity index (χ0) is 19.2. The molecule has 152 valence electrons. The van der Waals surface area contributed by atoms with Crippen LogP contribution >= 0.6 is 0 Å². The zero-order valence-corrected chi connectivity index (χ0v) is 18.4. The van der Waals surface area contributed by atoms with E-state index in [0.29, 0.717) is 0 Å². The van der Waals surface area contributed by atoms with Crippen molar-refractivity contribution in [2.45, 2.75) is 98.8 Å². The van der Waals surface area contributed by atoms with Gasteiger partial charge in [-0.2, -0.15) is 0 Å². The van der Waals surface area contributed by atoms with Gasteiger partial charge in [0.1, 0.15) is 0 Å². The van der Waals surface area contributed by atoms with Crippen LogP contribution in [0.15, 0.2) is 12.7 Å². The van der Waals surface area contributed by atoms with E-state index in [2.05, 4.69) is 30.6 Å². The van der Waals surface area contributed by atoms with Crippen molar-refractivity contribution in [2.75, 3.05) is 32.7 Å². The van der Waals surface area contributed by atoms with Crippen LogP contribution in [0.5, 0.6) is 0 Å². The van der Waals surface area contributed by atoms with E-state index in [1.807, 2.05) is 20.8 Å². The molecule has 0 aliphatic heterocycles. The summed E-state index contributed by atoms with van der Waals surface area (Å²) in [6, 6.07) is 0. The molecule has 0 unspecified atom stereocenters. The molecule has 1 fully saturated rings. The highest BCUT2D eigenvalue weighted by molar-refractivity contribution is 4.67. The first-order valence-electron chi connectivity index (χ1n) is 11.3. The highest BCUT2D eigenvalue weighted by atomic mass is 15.1. The van der Waals surface area contributed by atoms with E-state index in [-0.39, 0.29) is 0 Å². The maximum absolute atomic E-state index is 3.65. The Morgan fingerprint density at radius 2 is 1.56 bits per heavy atom. The minimum Gasteiger partial charge on any atom is -0.317 e. The lowest BCUT2D eigenvalue weighted by atomic mass is 9.87. The van der Waals surface area contributed by atoms with E-state index in [1.165, 1.54) is 96.9 Å². The molecule has 0 radical (unpaired) electrons. The molecule has 25 heavy (non-hydrogen) atoms. The van der Waals surface area contributed by atoms with Crippen LogP contribution in [0.3, 0.4) is 0 Å². The summed E-state index contributed by atoms with van der Waals surface area (Å²) < 4.78 is 0. The van der Waals surface area contributed by atoms with Crippen molar-refractivity contribution in [3.8, 4) is 0 Å². The first-order valence-corrected chi connectivity index (χ1v) is 11.3. The molecule has 1 rings (SSSR count). The number of hydrogen-bond acceptors (Lipinski definition) is 2. The number of hydrogen-bond donors (Lipinski definition) is 1. The quantitative estimate of drug-likeness (QED) is 0.311. The van der Waals surface area contributed by atoms with Crippen molar-refractivity contribution >= 4 is 0 Å². The second kappa shape index (κ2) is 23.7. The molecular weight excluding hydrogens is 304 g/mol. The van der Waals surface area contributed by atoms with E-state index in [4.69, 9.17) is 0 Å². The molecule has 0 aromatic carbocycles. The van der Waals surface area contributed by atoms with Gasteiger partial charge in [-0.3, -0.25) is 0 Å². The lowest BCUT2D eigenvalue weighted by Gasteiger charge is -2.22. The number of unbranched alkanes of at least 4 members (excludes halogenated alkanes) is 2. The number of rotatable bonds is 12. The summed E-state index contributed by atoms with van der Waals surface area (Å²) in [5.41, 5.74) is 0. The normalized spacial score (nSPS) is 14.3. The van der Waals surface area contributed by atoms with E-state index in [1.54, 1.807) is 6.08 Å². The fourth-order valence-corrected chi connectivity index (χ4v) is 3.35. The van der Waals surface area contributed by atoms with Crippen LogP contribution in [-0.4, -0.2) is 37.6 Å². The van der Waals surface area contributed by atoms with Crippen LogP contribution in [0, 0.1) is 5.92 Å². The first-order chi connectivity index (χ1) is 12.3. The Balaban J connectivity index is 0. The van der Waals surface area contributed by atoms with Gasteiger partial charge in [0, 0.05) is 0 Å². The minimum absolute atomic E-state index is 1.03. The van der Waals surface area contributed by atoms with Gasteiger partial charge in [-0.05, 0) is 64.8 Å². The molecule has 0 aromatic rings. The maximum Gasteiger partial charge on any atom is -0.000676 e. The lowest BCUT2D eigenvalue weighted by Crippen LogP contribution is -2.29. The Morgan fingerprint density at radius 1 is 0.960 bits per heavy atom. The molecule has 2 nitrogen and oxygen atoms in total. The summed E-state index contributed by atoms with van der Waals surface area (Å²) in [6.07, 6.45) is 16.0. The molecular formula is C23H50N2. The molecule has 1 N–H and O–H groups in total. The van der Waals surface area contributed by atoms with Gasteiger partial charge in [0.05, 0.1) is 0 Å². The fraction of sp³-hybridized carbons (Fsp3) is 0.913. The van der Waals surface area contributed by atoms with Crippen LogP contribution < -0.4 is 5.32 Å². The minimum atomic E-state index is 1.03. The van der Waals surface area contributed by atoms with Crippen LogP contribution in [0.1, 0.15) is 98.8 Å². The standard InChI is InChI=1S/C18H38N2.C3H6.C2H6/c1-3-5-9-16-20(4-2)17-10-14-19-15-13-18-11-7-6-8-12-18;1-3-2;1-2/h18-19H,3-17H2,1-2H3;3H,1H2,2H3;1-2H3. The highest BCUT2D eigenvalue weighted by Crippen LogP contribution is 2.25. The van der Waals surface area contributed by atoms with E-state index >= 15 is 0 Å². The number of allylic oxidation sites excluding steroid dienone is 1. The van der Waals surface area contributed by atoms with E-state index in [0.717, 1.165) is 5.92 Å². The molecule has 1 aliphatic carbocycles. The Kier molecular flexibility index (Phi) is 25.4. The summed E-state index contributed by atoms with van der Waals surface area (Å²) in [5.74, 6) is 1.03.